The number of nitrogens with two attached hydrogens (primary N) is 1. The molecule has 1 fully saturated rings. The van der Waals surface area contributed by atoms with Gasteiger partial charge in [0, 0.05) is 6.54 Å². The fourth-order valence-electron chi connectivity index (χ4n) is 2.20. The largest absolute Gasteiger partial charge is 0.508 e. The lowest BCUT2D eigenvalue weighted by atomic mass is 9.99. The molecule has 0 aromatic heterocycles. The summed E-state index contributed by atoms with van der Waals surface area (Å²) in [6.45, 7) is -0.0594. The Morgan fingerprint density at radius 3 is 2.41 bits per heavy atom. The summed E-state index contributed by atoms with van der Waals surface area (Å²) in [5, 5.41) is 38.9. The Kier molecular flexibility index (Phi) is 5.95. The maximum atomic E-state index is 10.2. The van der Waals surface area contributed by atoms with E-state index in [1.807, 2.05) is 0 Å². The fourth-order valence-corrected chi connectivity index (χ4v) is 2.20. The Morgan fingerprint density at radius 1 is 1.14 bits per heavy atom. The molecule has 1 heterocycles. The minimum Gasteiger partial charge on any atom is -0.508 e. The molecule has 0 amide bonds. The summed E-state index contributed by atoms with van der Waals surface area (Å²) in [7, 11) is 0. The summed E-state index contributed by atoms with van der Waals surface area (Å²) in [6.07, 6.45) is -5.58. The first-order valence-electron chi connectivity index (χ1n) is 6.96. The molecule has 8 nitrogen and oxygen atoms in total. The molecule has 1 aliphatic rings. The third-order valence-electron chi connectivity index (χ3n) is 3.33. The van der Waals surface area contributed by atoms with Gasteiger partial charge in [0.25, 0.3) is 0 Å². The van der Waals surface area contributed by atoms with Crippen molar-refractivity contribution in [2.75, 3.05) is 19.8 Å². The molecule has 6 N–H and O–H groups in total. The molecular weight excluding hydrogens is 294 g/mol. The zero-order chi connectivity index (χ0) is 16.1. The van der Waals surface area contributed by atoms with Crippen molar-refractivity contribution in [3.63, 3.8) is 0 Å². The van der Waals surface area contributed by atoms with E-state index in [2.05, 4.69) is 0 Å². The van der Waals surface area contributed by atoms with Gasteiger partial charge in [-0.2, -0.15) is 0 Å². The van der Waals surface area contributed by atoms with Gasteiger partial charge >= 0.3 is 0 Å². The summed E-state index contributed by atoms with van der Waals surface area (Å²) >= 11 is 0. The van der Waals surface area contributed by atoms with Crippen LogP contribution in [-0.2, 0) is 9.47 Å². The summed E-state index contributed by atoms with van der Waals surface area (Å²) in [6, 6.07) is 5.82. The van der Waals surface area contributed by atoms with E-state index in [0.717, 1.165) is 0 Å². The number of hydrogen-bond acceptors (Lipinski definition) is 8. The minimum atomic E-state index is -1.27. The number of rotatable bonds is 6. The number of aliphatic hydroxyl groups is 3. The van der Waals surface area contributed by atoms with Crippen LogP contribution in [0.25, 0.3) is 0 Å². The van der Waals surface area contributed by atoms with Crippen LogP contribution in [0.15, 0.2) is 24.3 Å². The van der Waals surface area contributed by atoms with Gasteiger partial charge < -0.3 is 40.4 Å². The van der Waals surface area contributed by atoms with Crippen molar-refractivity contribution in [2.45, 2.75) is 30.7 Å². The van der Waals surface area contributed by atoms with Crippen LogP contribution in [0.4, 0.5) is 0 Å². The van der Waals surface area contributed by atoms with Gasteiger partial charge in [-0.1, -0.05) is 0 Å². The number of ether oxygens (including phenoxy) is 3. The normalized spacial score (nSPS) is 31.9. The Balaban J connectivity index is 2.12. The van der Waals surface area contributed by atoms with Crippen molar-refractivity contribution in [1.82, 2.24) is 0 Å². The van der Waals surface area contributed by atoms with Crippen LogP contribution in [0.3, 0.4) is 0 Å². The summed E-state index contributed by atoms with van der Waals surface area (Å²) in [5.74, 6) is 0.412. The van der Waals surface area contributed by atoms with Gasteiger partial charge in [-0.15, -0.1) is 0 Å². The van der Waals surface area contributed by atoms with Crippen LogP contribution in [-0.4, -0.2) is 70.9 Å². The van der Waals surface area contributed by atoms with E-state index in [4.69, 9.17) is 19.9 Å². The third-order valence-corrected chi connectivity index (χ3v) is 3.33. The van der Waals surface area contributed by atoms with Crippen molar-refractivity contribution in [3.05, 3.63) is 24.3 Å². The number of phenols is 1. The molecule has 0 bridgehead atoms. The third kappa shape index (κ3) is 3.86. The highest BCUT2D eigenvalue weighted by atomic mass is 16.7. The quantitative estimate of drug-likeness (QED) is 0.430. The lowest BCUT2D eigenvalue weighted by Crippen LogP contribution is -2.61. The number of hydrogen-bond donors (Lipinski definition) is 5. The molecule has 1 aromatic carbocycles. The second kappa shape index (κ2) is 7.73. The van der Waals surface area contributed by atoms with E-state index < -0.39 is 37.3 Å². The number of phenolic OH excluding ortho intramolecular Hbond substituents is 1. The molecule has 8 heteroatoms. The van der Waals surface area contributed by atoms with Crippen molar-refractivity contribution >= 4 is 0 Å². The van der Waals surface area contributed by atoms with Crippen molar-refractivity contribution in [1.29, 1.82) is 0 Å². The van der Waals surface area contributed by atoms with Crippen LogP contribution in [0.5, 0.6) is 11.5 Å². The van der Waals surface area contributed by atoms with Crippen LogP contribution < -0.4 is 10.5 Å². The van der Waals surface area contributed by atoms with E-state index in [9.17, 15) is 20.4 Å². The highest BCUT2D eigenvalue weighted by Crippen LogP contribution is 2.27. The maximum absolute atomic E-state index is 10.2. The zero-order valence-corrected chi connectivity index (χ0v) is 11.9. The molecule has 0 aliphatic carbocycles. The van der Waals surface area contributed by atoms with Gasteiger partial charge in [0.2, 0.25) is 0 Å². The number of aliphatic hydroxyl groups excluding tert-OH is 3. The maximum Gasteiger partial charge on any atom is 0.187 e. The second-order valence-corrected chi connectivity index (χ2v) is 4.94. The molecule has 124 valence electrons. The van der Waals surface area contributed by atoms with Crippen molar-refractivity contribution < 1.29 is 34.6 Å². The molecule has 2 rings (SSSR count). The van der Waals surface area contributed by atoms with Gasteiger partial charge in [-0.3, -0.25) is 0 Å². The number of benzene rings is 1. The predicted octanol–water partition coefficient (Wildman–Crippen LogP) is -1.45. The minimum absolute atomic E-state index is 0.0674. The van der Waals surface area contributed by atoms with Crippen LogP contribution in [0, 0.1) is 0 Å². The summed E-state index contributed by atoms with van der Waals surface area (Å²) in [5.41, 5.74) is 5.34. The van der Waals surface area contributed by atoms with Crippen molar-refractivity contribution in [2.24, 2.45) is 5.73 Å². The standard InChI is InChI=1S/C14H21NO7/c15-5-6-20-14-12(19)13(11(18)10(7-16)22-14)21-9-3-1-8(17)2-4-9/h1-4,10-14,16-19H,5-7,15H2/t10?,11-,12?,13?,14?/m0/s1. The summed E-state index contributed by atoms with van der Waals surface area (Å²) in [4.78, 5) is 0. The van der Waals surface area contributed by atoms with Crippen molar-refractivity contribution in [3.8, 4) is 11.5 Å². The Morgan fingerprint density at radius 2 is 1.82 bits per heavy atom. The Hall–Kier alpha value is -1.42. The molecule has 0 radical (unpaired) electrons. The summed E-state index contributed by atoms with van der Waals surface area (Å²) < 4.78 is 16.1. The predicted molar refractivity (Wildman–Crippen MR) is 75.3 cm³/mol. The van der Waals surface area contributed by atoms with Gasteiger partial charge in [-0.05, 0) is 24.3 Å². The first-order valence-corrected chi connectivity index (χ1v) is 6.96. The smallest absolute Gasteiger partial charge is 0.187 e. The monoisotopic (exact) mass is 315 g/mol. The van der Waals surface area contributed by atoms with E-state index in [1.54, 1.807) is 0 Å². The van der Waals surface area contributed by atoms with Crippen LogP contribution >= 0.6 is 0 Å². The Labute approximate surface area is 127 Å². The SMILES string of the molecule is NCCOC1OC(CO)[C@H](O)C(Oc2ccc(O)cc2)C1O. The molecule has 1 aromatic rings. The van der Waals surface area contributed by atoms with Crippen LogP contribution in [0.1, 0.15) is 0 Å². The van der Waals surface area contributed by atoms with Gasteiger partial charge in [-0.25, -0.2) is 0 Å². The first-order chi connectivity index (χ1) is 10.6. The molecule has 1 aliphatic heterocycles. The molecule has 22 heavy (non-hydrogen) atoms. The topological polar surface area (TPSA) is 135 Å². The number of aromatic hydroxyl groups is 1. The average Bonchev–Trinajstić information content (AvgIpc) is 2.52. The molecule has 0 saturated carbocycles. The van der Waals surface area contributed by atoms with E-state index in [-0.39, 0.29) is 18.9 Å². The lowest BCUT2D eigenvalue weighted by Gasteiger charge is -2.41. The molecule has 4 unspecified atom stereocenters. The van der Waals surface area contributed by atoms with Gasteiger partial charge in [0.15, 0.2) is 12.4 Å². The van der Waals surface area contributed by atoms with Crippen LogP contribution in [0.2, 0.25) is 0 Å². The Bertz CT molecular complexity index is 455. The molecular formula is C14H21NO7. The van der Waals surface area contributed by atoms with Gasteiger partial charge in [0.1, 0.15) is 29.8 Å². The van der Waals surface area contributed by atoms with E-state index in [0.29, 0.717) is 5.75 Å². The van der Waals surface area contributed by atoms with E-state index in [1.165, 1.54) is 24.3 Å². The highest BCUT2D eigenvalue weighted by Gasteiger charge is 2.46. The highest BCUT2D eigenvalue weighted by molar-refractivity contribution is 5.30. The average molecular weight is 315 g/mol. The molecule has 1 saturated heterocycles. The first kappa shape index (κ1) is 16.9. The second-order valence-electron chi connectivity index (χ2n) is 4.94. The zero-order valence-electron chi connectivity index (χ0n) is 11.9. The van der Waals surface area contributed by atoms with E-state index >= 15 is 0 Å². The molecule has 5 atom stereocenters. The molecule has 0 spiro atoms. The lowest BCUT2D eigenvalue weighted by molar-refractivity contribution is -0.296. The van der Waals surface area contributed by atoms with Gasteiger partial charge in [0.05, 0.1) is 13.2 Å². The fraction of sp³-hybridized carbons (Fsp3) is 0.571.